The standard InChI is InChI=1S/C46H48F2N5O7PS2/c1-45(2,3)44(57)62-21-20-59-61(58,60-35-14-9-10-29(22-35)25-49)46(47,48)33-16-19-39-31(23-33)24-40(63-39)41(54)51-37-15-8-7-13-34-17-18-38(53(34)42(37)55)43(56)52-27-32(26-50)36(28-52)30-11-5-4-6-12-30/h4-6,9-12,14,16,19,22-24,32,34,36-38H,7-8,13,15,17-18,20-21,27-28H2,1-3H3,(H,51,54)/t32-,34-,36+,37-,38-,61?/m0/s1. The average Bonchev–Trinajstić information content (AvgIpc) is 4.02. The van der Waals surface area contributed by atoms with E-state index in [1.165, 1.54) is 36.4 Å². The van der Waals surface area contributed by atoms with Crippen molar-refractivity contribution in [2.24, 2.45) is 11.3 Å². The van der Waals surface area contributed by atoms with Gasteiger partial charge in [0.05, 0.1) is 35.1 Å². The van der Waals surface area contributed by atoms with Crippen molar-refractivity contribution >= 4 is 63.6 Å². The predicted octanol–water partition coefficient (Wildman–Crippen LogP) is 9.21. The van der Waals surface area contributed by atoms with Crippen LogP contribution in [0.3, 0.4) is 0 Å². The molecule has 1 unspecified atom stereocenters. The Balaban J connectivity index is 1.08. The van der Waals surface area contributed by atoms with Crippen LogP contribution in [0, 0.1) is 34.0 Å². The van der Waals surface area contributed by atoms with Crippen LogP contribution in [0.15, 0.2) is 78.9 Å². The molecule has 12 nitrogen and oxygen atoms in total. The molecule has 3 aromatic carbocycles. The van der Waals surface area contributed by atoms with Gasteiger partial charge in [-0.25, -0.2) is 4.57 Å². The number of carbonyl (C=O) groups excluding carboxylic acids is 4. The van der Waals surface area contributed by atoms with Crippen LogP contribution in [0.2, 0.25) is 0 Å². The normalized spacial score (nSPS) is 22.6. The highest BCUT2D eigenvalue weighted by Crippen LogP contribution is 2.66. The number of rotatable bonds is 12. The van der Waals surface area contributed by atoms with Crippen LogP contribution in [0.25, 0.3) is 10.1 Å². The number of nitrogens with zero attached hydrogens (tertiary/aromatic N) is 4. The Morgan fingerprint density at radius 2 is 1.71 bits per heavy atom. The number of thioether (sulfide) groups is 1. The highest BCUT2D eigenvalue weighted by atomic mass is 32.2. The maximum Gasteiger partial charge on any atom is 0.453 e. The van der Waals surface area contributed by atoms with Gasteiger partial charge in [0.1, 0.15) is 17.8 Å². The number of likely N-dealkylation sites (tertiary alicyclic amines) is 1. The molecule has 3 amide bonds. The van der Waals surface area contributed by atoms with Crippen molar-refractivity contribution in [3.63, 3.8) is 0 Å². The molecule has 6 atom stereocenters. The first-order valence-electron chi connectivity index (χ1n) is 20.9. The SMILES string of the molecule is CC(C)(C)C(=O)SCCOP(=O)(Oc1cccc(C#N)c1)C(F)(F)c1ccc2sc(C(=O)N[C@H]3CCCC[C@H]4CC[C@@H](C(=O)N5C[C@H](c6ccccc6)[C@@H](C#N)C5)N4C3=O)cc2c1. The molecule has 0 aliphatic carbocycles. The molecule has 330 valence electrons. The Morgan fingerprint density at radius 1 is 0.952 bits per heavy atom. The zero-order valence-electron chi connectivity index (χ0n) is 35.1. The van der Waals surface area contributed by atoms with Gasteiger partial charge in [-0.15, -0.1) is 11.3 Å². The molecular formula is C46H48F2N5O7PS2. The minimum Gasteiger partial charge on any atom is -0.420 e. The third-order valence-electron chi connectivity index (χ3n) is 11.8. The van der Waals surface area contributed by atoms with Crippen LogP contribution in [0.1, 0.15) is 91.6 Å². The summed E-state index contributed by atoms with van der Waals surface area (Å²) in [5, 5.41) is 22.3. The second kappa shape index (κ2) is 18.9. The number of hydrogen-bond acceptors (Lipinski definition) is 11. The lowest BCUT2D eigenvalue weighted by Gasteiger charge is -2.36. The summed E-state index contributed by atoms with van der Waals surface area (Å²) < 4.78 is 58.6. The van der Waals surface area contributed by atoms with Gasteiger partial charge in [-0.1, -0.05) is 87.8 Å². The van der Waals surface area contributed by atoms with Crippen molar-refractivity contribution in [3.05, 3.63) is 100 Å². The quantitative estimate of drug-likeness (QED) is 0.107. The van der Waals surface area contributed by atoms with E-state index < -0.39 is 48.8 Å². The molecule has 3 aliphatic heterocycles. The van der Waals surface area contributed by atoms with Crippen LogP contribution in [-0.2, 0) is 29.1 Å². The van der Waals surface area contributed by atoms with Crippen LogP contribution in [-0.4, -0.2) is 76.2 Å². The third-order valence-corrected chi connectivity index (χ3v) is 16.0. The molecular weight excluding hydrogens is 868 g/mol. The van der Waals surface area contributed by atoms with Gasteiger partial charge in [0.2, 0.25) is 11.8 Å². The number of fused-ring (bicyclic) bond motifs is 2. The van der Waals surface area contributed by atoms with Crippen molar-refractivity contribution < 1.29 is 41.6 Å². The number of carbonyl (C=O) groups is 4. The van der Waals surface area contributed by atoms with E-state index in [2.05, 4.69) is 11.4 Å². The fourth-order valence-corrected chi connectivity index (χ4v) is 11.8. The van der Waals surface area contributed by atoms with Gasteiger partial charge in [-0.05, 0) is 73.0 Å². The van der Waals surface area contributed by atoms with Crippen molar-refractivity contribution in [3.8, 4) is 17.9 Å². The molecule has 3 aliphatic rings. The number of hydrogen-bond donors (Lipinski definition) is 1. The number of benzene rings is 3. The molecule has 0 saturated carbocycles. The van der Waals surface area contributed by atoms with Gasteiger partial charge in [0.15, 0.2) is 5.12 Å². The molecule has 1 N–H and O–H groups in total. The molecule has 0 radical (unpaired) electrons. The Morgan fingerprint density at radius 3 is 2.44 bits per heavy atom. The minimum absolute atomic E-state index is 0.0743. The molecule has 3 fully saturated rings. The van der Waals surface area contributed by atoms with Gasteiger partial charge in [0.25, 0.3) is 5.91 Å². The summed E-state index contributed by atoms with van der Waals surface area (Å²) in [5.41, 5.74) is -4.57. The van der Waals surface area contributed by atoms with E-state index in [0.29, 0.717) is 36.9 Å². The Bertz CT molecular complexity index is 2520. The summed E-state index contributed by atoms with van der Waals surface area (Å²) in [7, 11) is -5.40. The molecule has 7 rings (SSSR count). The first-order valence-corrected chi connectivity index (χ1v) is 24.3. The lowest BCUT2D eigenvalue weighted by molar-refractivity contribution is -0.146. The van der Waals surface area contributed by atoms with Gasteiger partial charge < -0.3 is 19.6 Å². The second-order valence-electron chi connectivity index (χ2n) is 17.2. The molecule has 4 heterocycles. The van der Waals surface area contributed by atoms with E-state index in [1.54, 1.807) is 30.6 Å². The fraction of sp³-hybridized carbons (Fsp3) is 0.435. The van der Waals surface area contributed by atoms with E-state index in [1.807, 2.05) is 36.4 Å². The van der Waals surface area contributed by atoms with Gasteiger partial charge in [-0.3, -0.25) is 23.7 Å². The molecule has 17 heteroatoms. The number of nitrogens with one attached hydrogen (secondary N) is 1. The van der Waals surface area contributed by atoms with Crippen molar-refractivity contribution in [2.45, 2.75) is 89.0 Å². The highest BCUT2D eigenvalue weighted by Gasteiger charge is 2.57. The van der Waals surface area contributed by atoms with Crippen molar-refractivity contribution in [1.82, 2.24) is 15.1 Å². The lowest BCUT2D eigenvalue weighted by Crippen LogP contribution is -2.56. The Labute approximate surface area is 373 Å². The average molecular weight is 916 g/mol. The Kier molecular flexibility index (Phi) is 13.8. The largest absolute Gasteiger partial charge is 0.453 e. The first kappa shape index (κ1) is 45.9. The summed E-state index contributed by atoms with van der Waals surface area (Å²) in [6.45, 7) is 5.27. The maximum absolute atomic E-state index is 16.6. The predicted molar refractivity (Wildman–Crippen MR) is 236 cm³/mol. The van der Waals surface area contributed by atoms with E-state index in [9.17, 15) is 34.3 Å². The number of halogens is 2. The maximum atomic E-state index is 16.6. The summed E-state index contributed by atoms with van der Waals surface area (Å²) in [6, 6.07) is 22.3. The first-order chi connectivity index (χ1) is 30.0. The minimum atomic E-state index is -5.40. The van der Waals surface area contributed by atoms with Crippen molar-refractivity contribution in [1.29, 1.82) is 10.5 Å². The zero-order valence-corrected chi connectivity index (χ0v) is 37.7. The number of thiophene rings is 1. The fourth-order valence-electron chi connectivity index (χ4n) is 8.44. The Hall–Kier alpha value is -5.12. The van der Waals surface area contributed by atoms with E-state index in [-0.39, 0.29) is 68.7 Å². The topological polar surface area (TPSA) is 170 Å². The van der Waals surface area contributed by atoms with E-state index in [4.69, 9.17) is 9.05 Å². The third kappa shape index (κ3) is 9.85. The van der Waals surface area contributed by atoms with Crippen LogP contribution < -0.4 is 9.84 Å². The van der Waals surface area contributed by atoms with Gasteiger partial charge >= 0.3 is 13.3 Å². The monoisotopic (exact) mass is 915 g/mol. The smallest absolute Gasteiger partial charge is 0.420 e. The summed E-state index contributed by atoms with van der Waals surface area (Å²) in [6.07, 6.45) is 3.69. The van der Waals surface area contributed by atoms with Crippen LogP contribution in [0.5, 0.6) is 5.75 Å². The second-order valence-corrected chi connectivity index (χ2v) is 21.3. The van der Waals surface area contributed by atoms with Gasteiger partial charge in [0, 0.05) is 46.5 Å². The molecule has 0 bridgehead atoms. The van der Waals surface area contributed by atoms with Crippen LogP contribution >= 0.6 is 30.7 Å². The molecule has 3 saturated heterocycles. The zero-order chi connectivity index (χ0) is 45.1. The van der Waals surface area contributed by atoms with E-state index >= 15 is 8.78 Å². The molecule has 0 spiro atoms. The lowest BCUT2D eigenvalue weighted by atomic mass is 9.90. The van der Waals surface area contributed by atoms with Crippen LogP contribution in [0.4, 0.5) is 8.78 Å². The molecule has 4 aromatic rings. The number of nitriles is 2. The molecule has 1 aromatic heterocycles. The molecule has 63 heavy (non-hydrogen) atoms. The number of alkyl halides is 2. The summed E-state index contributed by atoms with van der Waals surface area (Å²) >= 11 is 1.90. The summed E-state index contributed by atoms with van der Waals surface area (Å²) in [4.78, 5) is 58.4. The van der Waals surface area contributed by atoms with Crippen molar-refractivity contribution in [2.75, 3.05) is 25.4 Å². The highest BCUT2D eigenvalue weighted by molar-refractivity contribution is 8.13. The van der Waals surface area contributed by atoms with Gasteiger partial charge in [-0.2, -0.15) is 19.3 Å². The van der Waals surface area contributed by atoms with E-state index in [0.717, 1.165) is 53.6 Å². The summed E-state index contributed by atoms with van der Waals surface area (Å²) in [5.74, 6) is -2.00. The number of amides is 3.